The van der Waals surface area contributed by atoms with E-state index in [4.69, 9.17) is 5.73 Å². The summed E-state index contributed by atoms with van der Waals surface area (Å²) in [5.41, 5.74) is 6.20. The lowest BCUT2D eigenvalue weighted by Gasteiger charge is -2.36. The average Bonchev–Trinajstić information content (AvgIpc) is 2.52. The van der Waals surface area contributed by atoms with E-state index in [1.54, 1.807) is 0 Å². The highest BCUT2D eigenvalue weighted by atomic mass is 14.6. The van der Waals surface area contributed by atoms with Gasteiger partial charge in [0.15, 0.2) is 0 Å². The molecule has 0 saturated heterocycles. The summed E-state index contributed by atoms with van der Waals surface area (Å²) in [5, 5.41) is 0. The van der Waals surface area contributed by atoms with Crippen molar-refractivity contribution in [1.82, 2.24) is 0 Å². The van der Waals surface area contributed by atoms with E-state index in [9.17, 15) is 0 Å². The van der Waals surface area contributed by atoms with Crippen LogP contribution in [0, 0.1) is 23.2 Å². The van der Waals surface area contributed by atoms with Crippen LogP contribution in [0.5, 0.6) is 0 Å². The van der Waals surface area contributed by atoms with Gasteiger partial charge in [0.2, 0.25) is 0 Å². The van der Waals surface area contributed by atoms with Gasteiger partial charge in [0.1, 0.15) is 0 Å². The van der Waals surface area contributed by atoms with Gasteiger partial charge in [-0.3, -0.25) is 0 Å². The van der Waals surface area contributed by atoms with E-state index in [1.165, 1.54) is 19.3 Å². The number of hydrogen-bond acceptors (Lipinski definition) is 1. The lowest BCUT2D eigenvalue weighted by Crippen LogP contribution is -2.35. The summed E-state index contributed by atoms with van der Waals surface area (Å²) in [6.45, 7) is 10.2. The third-order valence-corrected chi connectivity index (χ3v) is 3.96. The minimum atomic E-state index is 0.353. The highest BCUT2D eigenvalue weighted by molar-refractivity contribution is 4.89. The van der Waals surface area contributed by atoms with Crippen molar-refractivity contribution in [3.63, 3.8) is 0 Å². The Hall–Kier alpha value is -0.0400. The van der Waals surface area contributed by atoms with Gasteiger partial charge in [-0.1, -0.05) is 34.1 Å². The summed E-state index contributed by atoms with van der Waals surface area (Å²) in [4.78, 5) is 0. The van der Waals surface area contributed by atoms with Crippen LogP contribution in [0.3, 0.4) is 0 Å². The molecule has 0 aromatic rings. The van der Waals surface area contributed by atoms with Crippen LogP contribution in [0.25, 0.3) is 0 Å². The maximum atomic E-state index is 5.85. The first kappa shape index (κ1) is 11.0. The second kappa shape index (κ2) is 4.00. The molecule has 1 aliphatic carbocycles. The fourth-order valence-electron chi connectivity index (χ4n) is 2.91. The van der Waals surface area contributed by atoms with Crippen molar-refractivity contribution >= 4 is 0 Å². The first-order valence-electron chi connectivity index (χ1n) is 5.69. The Balaban J connectivity index is 2.68. The standard InChI is InChI=1S/C12H25N/c1-9(2)10-6-5-7-11(10)12(3,4)8-13/h9-11H,5-8,13H2,1-4H3. The summed E-state index contributed by atoms with van der Waals surface area (Å²) in [5.74, 6) is 2.61. The van der Waals surface area contributed by atoms with Gasteiger partial charge in [0.05, 0.1) is 0 Å². The molecule has 0 amide bonds. The van der Waals surface area contributed by atoms with Crippen molar-refractivity contribution in [2.24, 2.45) is 28.9 Å². The fraction of sp³-hybridized carbons (Fsp3) is 1.00. The summed E-state index contributed by atoms with van der Waals surface area (Å²) < 4.78 is 0. The molecule has 1 rings (SSSR count). The van der Waals surface area contributed by atoms with E-state index in [0.717, 1.165) is 24.3 Å². The maximum absolute atomic E-state index is 5.85. The van der Waals surface area contributed by atoms with Crippen molar-refractivity contribution in [2.45, 2.75) is 47.0 Å². The van der Waals surface area contributed by atoms with Crippen molar-refractivity contribution in [1.29, 1.82) is 0 Å². The topological polar surface area (TPSA) is 26.0 Å². The first-order chi connectivity index (χ1) is 5.99. The van der Waals surface area contributed by atoms with Gasteiger partial charge in [0.25, 0.3) is 0 Å². The van der Waals surface area contributed by atoms with Crippen LogP contribution in [-0.4, -0.2) is 6.54 Å². The van der Waals surface area contributed by atoms with Crippen LogP contribution in [-0.2, 0) is 0 Å². The highest BCUT2D eigenvalue weighted by Crippen LogP contribution is 2.46. The number of nitrogens with two attached hydrogens (primary N) is 1. The van der Waals surface area contributed by atoms with Gasteiger partial charge in [-0.15, -0.1) is 0 Å². The molecule has 0 radical (unpaired) electrons. The molecule has 0 bridgehead atoms. The van der Waals surface area contributed by atoms with Gasteiger partial charge in [-0.25, -0.2) is 0 Å². The molecule has 2 atom stereocenters. The summed E-state index contributed by atoms with van der Waals surface area (Å²) in [6.07, 6.45) is 4.23. The quantitative estimate of drug-likeness (QED) is 0.715. The maximum Gasteiger partial charge on any atom is -0.00231 e. The van der Waals surface area contributed by atoms with Crippen molar-refractivity contribution < 1.29 is 0 Å². The molecule has 2 unspecified atom stereocenters. The highest BCUT2D eigenvalue weighted by Gasteiger charge is 2.38. The Labute approximate surface area is 83.1 Å². The minimum Gasteiger partial charge on any atom is -0.330 e. The predicted octanol–water partition coefficient (Wildman–Crippen LogP) is 3.04. The van der Waals surface area contributed by atoms with Gasteiger partial charge >= 0.3 is 0 Å². The molecule has 1 saturated carbocycles. The molecule has 13 heavy (non-hydrogen) atoms. The third kappa shape index (κ3) is 2.25. The molecule has 0 aromatic carbocycles. The molecule has 1 heteroatoms. The van der Waals surface area contributed by atoms with E-state index in [0.29, 0.717) is 5.41 Å². The van der Waals surface area contributed by atoms with Crippen molar-refractivity contribution in [3.8, 4) is 0 Å². The second-order valence-electron chi connectivity index (χ2n) is 5.64. The normalized spacial score (nSPS) is 30.0. The second-order valence-corrected chi connectivity index (χ2v) is 5.64. The van der Waals surface area contributed by atoms with Gasteiger partial charge in [-0.05, 0) is 42.6 Å². The minimum absolute atomic E-state index is 0.353. The average molecular weight is 183 g/mol. The zero-order valence-electron chi connectivity index (χ0n) is 9.64. The Morgan fingerprint density at radius 1 is 1.31 bits per heavy atom. The van der Waals surface area contributed by atoms with Crippen molar-refractivity contribution in [3.05, 3.63) is 0 Å². The van der Waals surface area contributed by atoms with Crippen LogP contribution >= 0.6 is 0 Å². The SMILES string of the molecule is CC(C)C1CCCC1C(C)(C)CN. The van der Waals surface area contributed by atoms with E-state index in [-0.39, 0.29) is 0 Å². The molecule has 0 aliphatic heterocycles. The first-order valence-corrected chi connectivity index (χ1v) is 5.69. The molecule has 0 spiro atoms. The number of hydrogen-bond donors (Lipinski definition) is 1. The van der Waals surface area contributed by atoms with Gasteiger partial charge in [0, 0.05) is 0 Å². The van der Waals surface area contributed by atoms with E-state index in [1.807, 2.05) is 0 Å². The van der Waals surface area contributed by atoms with Gasteiger partial charge < -0.3 is 5.73 Å². The Bertz CT molecular complexity index is 161. The summed E-state index contributed by atoms with van der Waals surface area (Å²) in [7, 11) is 0. The van der Waals surface area contributed by atoms with E-state index in [2.05, 4.69) is 27.7 Å². The molecular weight excluding hydrogens is 158 g/mol. The van der Waals surface area contributed by atoms with Crippen molar-refractivity contribution in [2.75, 3.05) is 6.54 Å². The molecular formula is C12H25N. The largest absolute Gasteiger partial charge is 0.330 e. The van der Waals surface area contributed by atoms with Crippen LogP contribution in [0.4, 0.5) is 0 Å². The predicted molar refractivity (Wildman–Crippen MR) is 58.5 cm³/mol. The molecule has 1 nitrogen and oxygen atoms in total. The smallest absolute Gasteiger partial charge is 0.00231 e. The zero-order valence-corrected chi connectivity index (χ0v) is 9.64. The summed E-state index contributed by atoms with van der Waals surface area (Å²) >= 11 is 0. The van der Waals surface area contributed by atoms with Crippen LogP contribution < -0.4 is 5.73 Å². The molecule has 1 aliphatic rings. The lowest BCUT2D eigenvalue weighted by molar-refractivity contribution is 0.141. The zero-order chi connectivity index (χ0) is 10.1. The summed E-state index contributed by atoms with van der Waals surface area (Å²) in [6, 6.07) is 0. The Morgan fingerprint density at radius 3 is 2.38 bits per heavy atom. The van der Waals surface area contributed by atoms with E-state index >= 15 is 0 Å². The van der Waals surface area contributed by atoms with E-state index < -0.39 is 0 Å². The monoisotopic (exact) mass is 183 g/mol. The molecule has 0 heterocycles. The Kier molecular flexibility index (Phi) is 3.39. The third-order valence-electron chi connectivity index (χ3n) is 3.96. The Morgan fingerprint density at radius 2 is 1.92 bits per heavy atom. The lowest BCUT2D eigenvalue weighted by atomic mass is 9.70. The molecule has 0 aromatic heterocycles. The van der Waals surface area contributed by atoms with Crippen LogP contribution in [0.2, 0.25) is 0 Å². The molecule has 78 valence electrons. The van der Waals surface area contributed by atoms with Crippen LogP contribution in [0.1, 0.15) is 47.0 Å². The number of rotatable bonds is 3. The molecule has 2 N–H and O–H groups in total. The van der Waals surface area contributed by atoms with Gasteiger partial charge in [-0.2, -0.15) is 0 Å². The van der Waals surface area contributed by atoms with Crippen LogP contribution in [0.15, 0.2) is 0 Å². The fourth-order valence-corrected chi connectivity index (χ4v) is 2.91. The molecule has 1 fully saturated rings.